The zero-order valence-corrected chi connectivity index (χ0v) is 12.3. The third-order valence-electron chi connectivity index (χ3n) is 3.11. The molecule has 0 unspecified atom stereocenters. The molecule has 0 spiro atoms. The molecule has 3 aromatic rings. The van der Waals surface area contributed by atoms with Crippen molar-refractivity contribution in [3.8, 4) is 5.69 Å². The molecule has 0 atom stereocenters. The first-order valence-corrected chi connectivity index (χ1v) is 6.93. The first-order valence-electron chi connectivity index (χ1n) is 6.93. The van der Waals surface area contributed by atoms with Crippen molar-refractivity contribution >= 4 is 11.6 Å². The van der Waals surface area contributed by atoms with E-state index in [4.69, 9.17) is 0 Å². The van der Waals surface area contributed by atoms with Gasteiger partial charge in [0, 0.05) is 0 Å². The van der Waals surface area contributed by atoms with E-state index < -0.39 is 5.95 Å². The lowest BCUT2D eigenvalue weighted by atomic mass is 10.3. The highest BCUT2D eigenvalue weighted by atomic mass is 19.1. The molecule has 1 aromatic carbocycles. The van der Waals surface area contributed by atoms with Crippen LogP contribution < -0.4 is 10.9 Å². The minimum absolute atomic E-state index is 0.362. The predicted molar refractivity (Wildman–Crippen MR) is 83.6 cm³/mol. The van der Waals surface area contributed by atoms with Gasteiger partial charge >= 0.3 is 0 Å². The van der Waals surface area contributed by atoms with Crippen LogP contribution in [0.4, 0.5) is 10.1 Å². The molecule has 7 heteroatoms. The number of aryl methyl sites for hydroxylation is 1. The highest BCUT2D eigenvalue weighted by molar-refractivity contribution is 5.94. The molecule has 0 aliphatic carbocycles. The Morgan fingerprint density at radius 3 is 2.65 bits per heavy atom. The zero-order valence-electron chi connectivity index (χ0n) is 12.3. The first-order chi connectivity index (χ1) is 11.1. The molecule has 0 saturated heterocycles. The van der Waals surface area contributed by atoms with Crippen LogP contribution in [0.2, 0.25) is 0 Å². The summed E-state index contributed by atoms with van der Waals surface area (Å²) in [4.78, 5) is 15.9. The van der Waals surface area contributed by atoms with E-state index in [-0.39, 0.29) is 5.91 Å². The Kier molecular flexibility index (Phi) is 4.01. The third-order valence-corrected chi connectivity index (χ3v) is 3.11. The lowest BCUT2D eigenvalue weighted by Gasteiger charge is -2.10. The standard InChI is InChI=1S/C16H14FN5O/c1-11-9-14(22(21-11)13-5-3-2-4-6-13)16(23)20-19-12-7-8-15(17)18-10-12/h2-10,19H,1H3,(H,20,23). The summed E-state index contributed by atoms with van der Waals surface area (Å²) in [6, 6.07) is 13.7. The summed E-state index contributed by atoms with van der Waals surface area (Å²) in [5.41, 5.74) is 7.60. The molecular formula is C16H14FN5O. The number of halogens is 1. The van der Waals surface area contributed by atoms with Crippen molar-refractivity contribution < 1.29 is 9.18 Å². The number of benzene rings is 1. The summed E-state index contributed by atoms with van der Waals surface area (Å²) in [5.74, 6) is -0.946. The SMILES string of the molecule is Cc1cc(C(=O)NNc2ccc(F)nc2)n(-c2ccccc2)n1. The van der Waals surface area contributed by atoms with Gasteiger partial charge in [0.15, 0.2) is 0 Å². The maximum atomic E-state index is 12.8. The van der Waals surface area contributed by atoms with Crippen molar-refractivity contribution in [1.29, 1.82) is 0 Å². The number of anilines is 1. The fourth-order valence-corrected chi connectivity index (χ4v) is 2.07. The fraction of sp³-hybridized carbons (Fsp3) is 0.0625. The highest BCUT2D eigenvalue weighted by Crippen LogP contribution is 2.12. The van der Waals surface area contributed by atoms with Gasteiger partial charge in [0.1, 0.15) is 5.69 Å². The van der Waals surface area contributed by atoms with Gasteiger partial charge in [-0.15, -0.1) is 0 Å². The number of pyridine rings is 1. The summed E-state index contributed by atoms with van der Waals surface area (Å²) < 4.78 is 14.3. The second kappa shape index (κ2) is 6.27. The minimum Gasteiger partial charge on any atom is -0.297 e. The van der Waals surface area contributed by atoms with Crippen molar-refractivity contribution in [1.82, 2.24) is 20.2 Å². The molecule has 0 aliphatic heterocycles. The molecule has 0 aliphatic rings. The smallest absolute Gasteiger partial charge is 0.288 e. The molecule has 6 nitrogen and oxygen atoms in total. The van der Waals surface area contributed by atoms with E-state index in [1.807, 2.05) is 37.3 Å². The van der Waals surface area contributed by atoms with Gasteiger partial charge < -0.3 is 0 Å². The molecule has 116 valence electrons. The average Bonchev–Trinajstić information content (AvgIpc) is 2.97. The lowest BCUT2D eigenvalue weighted by Crippen LogP contribution is -2.31. The van der Waals surface area contributed by atoms with E-state index in [1.54, 1.807) is 10.7 Å². The largest absolute Gasteiger partial charge is 0.297 e. The predicted octanol–water partition coefficient (Wildman–Crippen LogP) is 2.47. The third kappa shape index (κ3) is 3.34. The molecule has 2 aromatic heterocycles. The summed E-state index contributed by atoms with van der Waals surface area (Å²) in [6.07, 6.45) is 1.29. The molecule has 2 N–H and O–H groups in total. The van der Waals surface area contributed by atoms with E-state index in [2.05, 4.69) is 20.9 Å². The van der Waals surface area contributed by atoms with Crippen LogP contribution >= 0.6 is 0 Å². The number of nitrogens with one attached hydrogen (secondary N) is 2. The number of hydrogen-bond donors (Lipinski definition) is 2. The number of hydrogen-bond acceptors (Lipinski definition) is 4. The molecule has 3 rings (SSSR count). The monoisotopic (exact) mass is 311 g/mol. The van der Waals surface area contributed by atoms with Crippen LogP contribution in [0.5, 0.6) is 0 Å². The van der Waals surface area contributed by atoms with Crippen molar-refractivity contribution in [2.24, 2.45) is 0 Å². The Bertz CT molecular complexity index is 814. The van der Waals surface area contributed by atoms with Crippen molar-refractivity contribution in [2.45, 2.75) is 6.92 Å². The molecule has 2 heterocycles. The number of carbonyl (C=O) groups excluding carboxylic acids is 1. The number of hydrazine groups is 1. The molecule has 0 saturated carbocycles. The van der Waals surface area contributed by atoms with Crippen LogP contribution in [0.1, 0.15) is 16.2 Å². The lowest BCUT2D eigenvalue weighted by molar-refractivity contribution is 0.0955. The molecule has 0 fully saturated rings. The number of amides is 1. The quantitative estimate of drug-likeness (QED) is 0.573. The van der Waals surface area contributed by atoms with Gasteiger partial charge in [0.05, 0.1) is 23.3 Å². The van der Waals surface area contributed by atoms with Gasteiger partial charge in [0.2, 0.25) is 5.95 Å². The van der Waals surface area contributed by atoms with Gasteiger partial charge in [-0.05, 0) is 37.3 Å². The highest BCUT2D eigenvalue weighted by Gasteiger charge is 2.15. The van der Waals surface area contributed by atoms with Crippen molar-refractivity contribution in [3.05, 3.63) is 72.1 Å². The Morgan fingerprint density at radius 2 is 1.96 bits per heavy atom. The van der Waals surface area contributed by atoms with Crippen LogP contribution in [0, 0.1) is 12.9 Å². The van der Waals surface area contributed by atoms with Crippen molar-refractivity contribution in [3.63, 3.8) is 0 Å². The van der Waals surface area contributed by atoms with E-state index in [0.717, 1.165) is 11.4 Å². The molecular weight excluding hydrogens is 297 g/mol. The Balaban J connectivity index is 1.79. The van der Waals surface area contributed by atoms with E-state index in [1.165, 1.54) is 18.3 Å². The average molecular weight is 311 g/mol. The maximum absolute atomic E-state index is 12.8. The second-order valence-electron chi connectivity index (χ2n) is 4.87. The number of nitrogens with zero attached hydrogens (tertiary/aromatic N) is 3. The normalized spacial score (nSPS) is 10.3. The van der Waals surface area contributed by atoms with Gasteiger partial charge in [-0.1, -0.05) is 18.2 Å². The van der Waals surface area contributed by atoms with Crippen LogP contribution in [0.25, 0.3) is 5.69 Å². The molecule has 0 radical (unpaired) electrons. The van der Waals surface area contributed by atoms with Crippen molar-refractivity contribution in [2.75, 3.05) is 5.43 Å². The van der Waals surface area contributed by atoms with Crippen LogP contribution in [0.15, 0.2) is 54.7 Å². The Morgan fingerprint density at radius 1 is 1.17 bits per heavy atom. The van der Waals surface area contributed by atoms with E-state index in [0.29, 0.717) is 11.4 Å². The topological polar surface area (TPSA) is 71.8 Å². The second-order valence-corrected chi connectivity index (χ2v) is 4.87. The Labute approximate surface area is 131 Å². The molecule has 1 amide bonds. The maximum Gasteiger partial charge on any atom is 0.288 e. The number of carbonyl (C=O) groups is 1. The number of rotatable bonds is 4. The summed E-state index contributed by atoms with van der Waals surface area (Å²) >= 11 is 0. The first kappa shape index (κ1) is 14.7. The summed E-state index contributed by atoms with van der Waals surface area (Å²) in [6.45, 7) is 1.81. The van der Waals surface area contributed by atoms with Gasteiger partial charge in [-0.25, -0.2) is 9.67 Å². The Hall–Kier alpha value is -3.22. The summed E-state index contributed by atoms with van der Waals surface area (Å²) in [5, 5.41) is 4.33. The zero-order chi connectivity index (χ0) is 16.2. The molecule has 0 bridgehead atoms. The van der Waals surface area contributed by atoms with Crippen LogP contribution in [-0.2, 0) is 0 Å². The van der Waals surface area contributed by atoms with Gasteiger partial charge in [-0.2, -0.15) is 9.49 Å². The minimum atomic E-state index is -0.584. The van der Waals surface area contributed by atoms with E-state index >= 15 is 0 Å². The number of aromatic nitrogens is 3. The van der Waals surface area contributed by atoms with E-state index in [9.17, 15) is 9.18 Å². The molecule has 23 heavy (non-hydrogen) atoms. The summed E-state index contributed by atoms with van der Waals surface area (Å²) in [7, 11) is 0. The van der Waals surface area contributed by atoms with Crippen LogP contribution in [-0.4, -0.2) is 20.7 Å². The fourth-order valence-electron chi connectivity index (χ4n) is 2.07. The van der Waals surface area contributed by atoms with Gasteiger partial charge in [-0.3, -0.25) is 15.6 Å². The van der Waals surface area contributed by atoms with Gasteiger partial charge in [0.25, 0.3) is 5.91 Å². The number of para-hydroxylation sites is 1. The van der Waals surface area contributed by atoms with Crippen LogP contribution in [0.3, 0.4) is 0 Å².